The van der Waals surface area contributed by atoms with Crippen LogP contribution < -0.4 is 0 Å². The molecular weight excluding hydrogens is 412 g/mol. The molecule has 0 radical (unpaired) electrons. The van der Waals surface area contributed by atoms with Gasteiger partial charge in [-0.2, -0.15) is 10.2 Å². The van der Waals surface area contributed by atoms with Gasteiger partial charge in [-0.15, -0.1) is 0 Å². The lowest BCUT2D eigenvalue weighted by atomic mass is 10.0. The first kappa shape index (κ1) is 25.7. The summed E-state index contributed by atoms with van der Waals surface area (Å²) in [6, 6.07) is 0. The van der Waals surface area contributed by atoms with E-state index >= 15 is 0 Å². The number of hydrogen-bond acceptors (Lipinski definition) is 8. The van der Waals surface area contributed by atoms with Gasteiger partial charge >= 0.3 is 12.2 Å². The molecule has 180 valence electrons. The summed E-state index contributed by atoms with van der Waals surface area (Å²) in [5.74, 6) is 1.01. The number of amidine groups is 2. The van der Waals surface area contributed by atoms with Crippen LogP contribution in [0.5, 0.6) is 0 Å². The number of rotatable bonds is 4. The molecule has 10 heteroatoms. The molecule has 0 unspecified atom stereocenters. The van der Waals surface area contributed by atoms with E-state index < -0.39 is 34.5 Å². The van der Waals surface area contributed by atoms with Gasteiger partial charge in [0.2, 0.25) is 0 Å². The van der Waals surface area contributed by atoms with Crippen molar-refractivity contribution in [2.24, 2.45) is 20.2 Å². The van der Waals surface area contributed by atoms with E-state index in [4.69, 9.17) is 9.47 Å². The summed E-state index contributed by atoms with van der Waals surface area (Å²) in [4.78, 5) is 37.3. The zero-order chi connectivity index (χ0) is 24.5. The minimum Gasteiger partial charge on any atom is -0.443 e. The molecule has 2 amide bonds. The maximum Gasteiger partial charge on any atom is 0.415 e. The Balaban J connectivity index is 2.19. The smallest absolute Gasteiger partial charge is 0.415 e. The van der Waals surface area contributed by atoms with Crippen LogP contribution in [-0.2, 0) is 9.47 Å². The minimum atomic E-state index is -0.874. The molecule has 2 rings (SSSR count). The Bertz CT molecular complexity index is 762. The Morgan fingerprint density at radius 3 is 1.28 bits per heavy atom. The fourth-order valence-electron chi connectivity index (χ4n) is 3.27. The van der Waals surface area contributed by atoms with Gasteiger partial charge in [0.25, 0.3) is 0 Å². The molecule has 0 fully saturated rings. The Morgan fingerprint density at radius 1 is 0.688 bits per heavy atom. The van der Waals surface area contributed by atoms with E-state index in [9.17, 15) is 9.59 Å². The summed E-state index contributed by atoms with van der Waals surface area (Å²) >= 11 is 0. The zero-order valence-electron chi connectivity index (χ0n) is 21.1. The molecule has 2 aliphatic heterocycles. The van der Waals surface area contributed by atoms with Gasteiger partial charge in [-0.1, -0.05) is 0 Å². The molecule has 10 nitrogen and oxygen atoms in total. The number of azo groups is 1. The van der Waals surface area contributed by atoms with Crippen molar-refractivity contribution in [2.75, 3.05) is 26.2 Å². The van der Waals surface area contributed by atoms with Crippen molar-refractivity contribution in [1.29, 1.82) is 0 Å². The largest absolute Gasteiger partial charge is 0.443 e. The van der Waals surface area contributed by atoms with Crippen LogP contribution in [0, 0.1) is 0 Å². The van der Waals surface area contributed by atoms with E-state index in [1.54, 1.807) is 0 Å². The lowest BCUT2D eigenvalue weighted by Crippen LogP contribution is -2.48. The van der Waals surface area contributed by atoms with Gasteiger partial charge in [-0.05, 0) is 69.2 Å². The van der Waals surface area contributed by atoms with Crippen LogP contribution in [0.15, 0.2) is 20.2 Å². The highest BCUT2D eigenvalue weighted by atomic mass is 16.6. The molecule has 2 heterocycles. The number of aliphatic imine (C=N–C) groups is 2. The number of carbonyl (C=O) groups is 2. The first-order valence-corrected chi connectivity index (χ1v) is 11.0. The molecule has 0 bridgehead atoms. The van der Waals surface area contributed by atoms with Gasteiger partial charge in [-0.3, -0.25) is 19.8 Å². The van der Waals surface area contributed by atoms with E-state index in [1.165, 1.54) is 9.80 Å². The van der Waals surface area contributed by atoms with E-state index in [1.807, 2.05) is 69.2 Å². The van der Waals surface area contributed by atoms with Crippen LogP contribution in [0.3, 0.4) is 0 Å². The predicted molar refractivity (Wildman–Crippen MR) is 123 cm³/mol. The van der Waals surface area contributed by atoms with E-state index in [0.29, 0.717) is 37.9 Å². The Labute approximate surface area is 191 Å². The SMILES string of the molecule is CC(C)(C)OC(=O)N1CCN=C1C(C)(C)N=NC(C)(C)C1=NCCN1C(=O)OC(C)(C)C. The van der Waals surface area contributed by atoms with Crippen molar-refractivity contribution in [1.82, 2.24) is 9.80 Å². The van der Waals surface area contributed by atoms with Crippen molar-refractivity contribution < 1.29 is 19.1 Å². The predicted octanol–water partition coefficient (Wildman–Crippen LogP) is 4.29. The second-order valence-corrected chi connectivity index (χ2v) is 11.0. The standard InChI is InChI=1S/C22H38N6O4/c1-19(2,3)31-17(29)27-13-11-23-15(27)21(7,8)25-26-22(9,10)16-24-12-14-28(16)18(30)32-20(4,5)6/h11-14H2,1-10H3. The Hall–Kier alpha value is -2.52. The third-order valence-corrected chi connectivity index (χ3v) is 4.55. The molecule has 0 saturated heterocycles. The number of ether oxygens (including phenoxy) is 2. The summed E-state index contributed by atoms with van der Waals surface area (Å²) < 4.78 is 11.0. The van der Waals surface area contributed by atoms with Crippen molar-refractivity contribution in [3.05, 3.63) is 0 Å². The highest BCUT2D eigenvalue weighted by Crippen LogP contribution is 2.26. The first-order chi connectivity index (χ1) is 14.4. The van der Waals surface area contributed by atoms with Crippen LogP contribution in [0.2, 0.25) is 0 Å². The molecule has 0 saturated carbocycles. The third-order valence-electron chi connectivity index (χ3n) is 4.55. The molecule has 0 aromatic rings. The highest BCUT2D eigenvalue weighted by molar-refractivity contribution is 6.03. The van der Waals surface area contributed by atoms with Crippen molar-refractivity contribution >= 4 is 23.9 Å². The summed E-state index contributed by atoms with van der Waals surface area (Å²) in [6.07, 6.45) is -0.903. The zero-order valence-corrected chi connectivity index (χ0v) is 21.1. The average Bonchev–Trinajstić information content (AvgIpc) is 3.27. The van der Waals surface area contributed by atoms with Crippen LogP contribution in [0.25, 0.3) is 0 Å². The van der Waals surface area contributed by atoms with Crippen molar-refractivity contribution in [3.8, 4) is 0 Å². The maximum absolute atomic E-state index is 12.6. The van der Waals surface area contributed by atoms with Gasteiger partial charge in [-0.25, -0.2) is 9.59 Å². The van der Waals surface area contributed by atoms with E-state index in [2.05, 4.69) is 20.2 Å². The van der Waals surface area contributed by atoms with E-state index in [0.717, 1.165) is 0 Å². The summed E-state index contributed by atoms with van der Waals surface area (Å²) in [7, 11) is 0. The lowest BCUT2D eigenvalue weighted by molar-refractivity contribution is 0.0364. The summed E-state index contributed by atoms with van der Waals surface area (Å²) in [5.41, 5.74) is -2.96. The fraction of sp³-hybridized carbons (Fsp3) is 0.818. The van der Waals surface area contributed by atoms with Gasteiger partial charge in [0.05, 0.1) is 26.2 Å². The Kier molecular flexibility index (Phi) is 7.07. The van der Waals surface area contributed by atoms with Crippen molar-refractivity contribution in [2.45, 2.75) is 91.5 Å². The molecule has 0 spiro atoms. The van der Waals surface area contributed by atoms with Crippen LogP contribution in [0.1, 0.15) is 69.2 Å². The molecular formula is C22H38N6O4. The van der Waals surface area contributed by atoms with Gasteiger partial charge in [0.15, 0.2) is 0 Å². The second-order valence-electron chi connectivity index (χ2n) is 11.0. The Morgan fingerprint density at radius 2 is 1.00 bits per heavy atom. The molecule has 0 aliphatic carbocycles. The molecule has 32 heavy (non-hydrogen) atoms. The highest BCUT2D eigenvalue weighted by Gasteiger charge is 2.41. The second kappa shape index (κ2) is 8.78. The molecule has 0 aromatic carbocycles. The summed E-state index contributed by atoms with van der Waals surface area (Å²) in [5, 5.41) is 9.07. The maximum atomic E-state index is 12.6. The van der Waals surface area contributed by atoms with Crippen LogP contribution in [0.4, 0.5) is 9.59 Å². The van der Waals surface area contributed by atoms with Gasteiger partial charge < -0.3 is 9.47 Å². The van der Waals surface area contributed by atoms with Gasteiger partial charge in [0, 0.05) is 0 Å². The molecule has 2 aliphatic rings. The lowest BCUT2D eigenvalue weighted by Gasteiger charge is -2.31. The van der Waals surface area contributed by atoms with E-state index in [-0.39, 0.29) is 0 Å². The quantitative estimate of drug-likeness (QED) is 0.595. The number of hydrogen-bond donors (Lipinski definition) is 0. The van der Waals surface area contributed by atoms with Crippen molar-refractivity contribution in [3.63, 3.8) is 0 Å². The molecule has 0 aromatic heterocycles. The average molecular weight is 451 g/mol. The first-order valence-electron chi connectivity index (χ1n) is 11.0. The molecule has 0 N–H and O–H groups in total. The van der Waals surface area contributed by atoms with Gasteiger partial charge in [0.1, 0.15) is 34.0 Å². The summed E-state index contributed by atoms with van der Waals surface area (Å²) in [6.45, 7) is 20.2. The van der Waals surface area contributed by atoms with Crippen LogP contribution >= 0.6 is 0 Å². The topological polar surface area (TPSA) is 109 Å². The normalized spacial score (nSPS) is 18.2. The number of carbonyl (C=O) groups excluding carboxylic acids is 2. The minimum absolute atomic E-state index is 0.436. The monoisotopic (exact) mass is 450 g/mol. The third kappa shape index (κ3) is 6.49. The number of amides is 2. The van der Waals surface area contributed by atoms with Crippen LogP contribution in [-0.4, -0.2) is 82.1 Å². The molecule has 0 atom stereocenters. The number of nitrogens with zero attached hydrogens (tertiary/aromatic N) is 6. The fourth-order valence-corrected chi connectivity index (χ4v) is 3.27.